The fourth-order valence-corrected chi connectivity index (χ4v) is 5.05. The summed E-state index contributed by atoms with van der Waals surface area (Å²) in [6, 6.07) is 25.4. The number of para-hydroxylation sites is 1. The monoisotopic (exact) mass is 429 g/mol. The molecule has 1 N–H and O–H groups in total. The van der Waals surface area contributed by atoms with Crippen LogP contribution < -0.4 is 15.1 Å². The zero-order valence-electron chi connectivity index (χ0n) is 18.1. The Hall–Kier alpha value is -3.34. The summed E-state index contributed by atoms with van der Waals surface area (Å²) in [5, 5.41) is 3.19. The number of nitrogens with zero attached hydrogens (tertiary/aromatic N) is 2. The molecule has 0 aromatic heterocycles. The van der Waals surface area contributed by atoms with Gasteiger partial charge in [-0.05, 0) is 54.3 Å². The molecule has 4 nitrogen and oxygen atoms in total. The highest BCUT2D eigenvalue weighted by Crippen LogP contribution is 2.36. The lowest BCUT2D eigenvalue weighted by molar-refractivity contribution is -0.125. The van der Waals surface area contributed by atoms with Gasteiger partial charge in [0.25, 0.3) is 0 Å². The van der Waals surface area contributed by atoms with Gasteiger partial charge in [-0.3, -0.25) is 4.79 Å². The van der Waals surface area contributed by atoms with Crippen LogP contribution in [0.5, 0.6) is 0 Å². The van der Waals surface area contributed by atoms with Crippen LogP contribution in [-0.4, -0.2) is 38.1 Å². The number of benzene rings is 3. The fraction of sp³-hybridized carbons (Fsp3) is 0.296. The summed E-state index contributed by atoms with van der Waals surface area (Å²) in [6.07, 6.45) is 1.57. The minimum atomic E-state index is -0.227. The normalized spacial score (nSPS) is 19.8. The second kappa shape index (κ2) is 9.03. The van der Waals surface area contributed by atoms with Gasteiger partial charge in [-0.15, -0.1) is 0 Å². The number of hydrogen-bond donors (Lipinski definition) is 1. The predicted octanol–water partition coefficient (Wildman–Crippen LogP) is 4.05. The second-order valence-corrected chi connectivity index (χ2v) is 8.65. The van der Waals surface area contributed by atoms with Crippen LogP contribution in [0, 0.1) is 11.7 Å². The Kier molecular flexibility index (Phi) is 5.80. The molecule has 32 heavy (non-hydrogen) atoms. The van der Waals surface area contributed by atoms with E-state index in [9.17, 15) is 9.18 Å². The average Bonchev–Trinajstić information content (AvgIpc) is 2.84. The summed E-state index contributed by atoms with van der Waals surface area (Å²) < 4.78 is 13.4. The van der Waals surface area contributed by atoms with Gasteiger partial charge in [0.05, 0.1) is 12.0 Å². The van der Waals surface area contributed by atoms with Crippen LogP contribution >= 0.6 is 0 Å². The standard InChI is InChI=1S/C27H28FN3O/c28-22-10-12-23(13-11-22)30-16-17-31-25-9-5-4-8-21(25)18-24(26(31)19-30)27(32)29-15-14-20-6-2-1-3-7-20/h1-13,24,26H,14-19H2,(H,29,32)/t24-,26-/m1/s1. The first-order chi connectivity index (χ1) is 15.7. The van der Waals surface area contributed by atoms with Crippen LogP contribution in [0.2, 0.25) is 0 Å². The van der Waals surface area contributed by atoms with Crippen molar-refractivity contribution >= 4 is 17.3 Å². The van der Waals surface area contributed by atoms with Crippen molar-refractivity contribution in [3.63, 3.8) is 0 Å². The molecule has 2 aliphatic heterocycles. The van der Waals surface area contributed by atoms with E-state index >= 15 is 0 Å². The summed E-state index contributed by atoms with van der Waals surface area (Å²) >= 11 is 0. The fourth-order valence-electron chi connectivity index (χ4n) is 5.05. The molecule has 3 aromatic rings. The molecular weight excluding hydrogens is 401 g/mol. The molecule has 5 rings (SSSR count). The first-order valence-electron chi connectivity index (χ1n) is 11.4. The van der Waals surface area contributed by atoms with Crippen molar-refractivity contribution in [1.82, 2.24) is 5.32 Å². The molecular formula is C27H28FN3O. The Bertz CT molecular complexity index is 1070. The molecule has 0 radical (unpaired) electrons. The number of fused-ring (bicyclic) bond motifs is 3. The molecule has 1 amide bonds. The Balaban J connectivity index is 1.34. The van der Waals surface area contributed by atoms with E-state index in [1.54, 1.807) is 0 Å². The van der Waals surface area contributed by atoms with Gasteiger partial charge in [0.2, 0.25) is 5.91 Å². The quantitative estimate of drug-likeness (QED) is 0.665. The number of amides is 1. The molecule has 1 fully saturated rings. The molecule has 2 heterocycles. The number of rotatable bonds is 5. The van der Waals surface area contributed by atoms with E-state index in [1.165, 1.54) is 28.9 Å². The molecule has 0 unspecified atom stereocenters. The van der Waals surface area contributed by atoms with Crippen molar-refractivity contribution in [2.75, 3.05) is 36.0 Å². The molecule has 0 spiro atoms. The number of anilines is 2. The van der Waals surface area contributed by atoms with Gasteiger partial charge in [-0.2, -0.15) is 0 Å². The lowest BCUT2D eigenvalue weighted by Crippen LogP contribution is -2.61. The van der Waals surface area contributed by atoms with Crippen LogP contribution in [0.3, 0.4) is 0 Å². The van der Waals surface area contributed by atoms with Crippen molar-refractivity contribution in [3.8, 4) is 0 Å². The maximum absolute atomic E-state index is 13.4. The minimum absolute atomic E-state index is 0.0837. The molecule has 1 saturated heterocycles. The van der Waals surface area contributed by atoms with Crippen molar-refractivity contribution in [3.05, 3.63) is 95.8 Å². The van der Waals surface area contributed by atoms with E-state index in [-0.39, 0.29) is 23.7 Å². The van der Waals surface area contributed by atoms with Gasteiger partial charge in [0.15, 0.2) is 0 Å². The SMILES string of the molecule is O=C(NCCc1ccccc1)[C@@H]1Cc2ccccc2N2CCN(c3ccc(F)cc3)C[C@H]12. The minimum Gasteiger partial charge on any atom is -0.368 e. The van der Waals surface area contributed by atoms with Crippen LogP contribution in [0.15, 0.2) is 78.9 Å². The molecule has 164 valence electrons. The molecule has 3 aromatic carbocycles. The second-order valence-electron chi connectivity index (χ2n) is 8.65. The topological polar surface area (TPSA) is 35.6 Å². The van der Waals surface area contributed by atoms with Crippen LogP contribution in [0.4, 0.5) is 15.8 Å². The Morgan fingerprint density at radius 3 is 2.50 bits per heavy atom. The molecule has 5 heteroatoms. The smallest absolute Gasteiger partial charge is 0.225 e. The van der Waals surface area contributed by atoms with Gasteiger partial charge < -0.3 is 15.1 Å². The number of halogens is 1. The molecule has 0 saturated carbocycles. The Morgan fingerprint density at radius 1 is 0.938 bits per heavy atom. The summed E-state index contributed by atoms with van der Waals surface area (Å²) in [7, 11) is 0. The largest absolute Gasteiger partial charge is 0.368 e. The summed E-state index contributed by atoms with van der Waals surface area (Å²) in [5.41, 5.74) is 4.71. The summed E-state index contributed by atoms with van der Waals surface area (Å²) in [5.74, 6) is -0.232. The van der Waals surface area contributed by atoms with E-state index in [0.29, 0.717) is 6.54 Å². The molecule has 0 bridgehead atoms. The zero-order chi connectivity index (χ0) is 21.9. The third-order valence-electron chi connectivity index (χ3n) is 6.71. The third-order valence-corrected chi connectivity index (χ3v) is 6.71. The Morgan fingerprint density at radius 2 is 1.69 bits per heavy atom. The molecule has 2 aliphatic rings. The van der Waals surface area contributed by atoms with E-state index in [2.05, 4.69) is 51.5 Å². The number of carbonyl (C=O) groups is 1. The van der Waals surface area contributed by atoms with Crippen LogP contribution in [0.1, 0.15) is 11.1 Å². The summed E-state index contributed by atoms with van der Waals surface area (Å²) in [6.45, 7) is 3.07. The highest BCUT2D eigenvalue weighted by Gasteiger charge is 2.41. The maximum Gasteiger partial charge on any atom is 0.225 e. The van der Waals surface area contributed by atoms with E-state index in [0.717, 1.165) is 38.2 Å². The number of nitrogens with one attached hydrogen (secondary N) is 1. The lowest BCUT2D eigenvalue weighted by atomic mass is 9.83. The molecule has 0 aliphatic carbocycles. The van der Waals surface area contributed by atoms with E-state index in [1.807, 2.05) is 30.3 Å². The molecule has 2 atom stereocenters. The van der Waals surface area contributed by atoms with E-state index < -0.39 is 0 Å². The third kappa shape index (κ3) is 4.20. The van der Waals surface area contributed by atoms with Gasteiger partial charge in [0, 0.05) is 37.6 Å². The maximum atomic E-state index is 13.4. The average molecular weight is 430 g/mol. The predicted molar refractivity (Wildman–Crippen MR) is 127 cm³/mol. The van der Waals surface area contributed by atoms with Gasteiger partial charge in [-0.1, -0.05) is 48.5 Å². The number of carbonyl (C=O) groups excluding carboxylic acids is 1. The first kappa shape index (κ1) is 20.6. The number of hydrogen-bond acceptors (Lipinski definition) is 3. The highest BCUT2D eigenvalue weighted by molar-refractivity contribution is 5.82. The van der Waals surface area contributed by atoms with Crippen molar-refractivity contribution in [2.24, 2.45) is 5.92 Å². The van der Waals surface area contributed by atoms with Crippen molar-refractivity contribution < 1.29 is 9.18 Å². The Labute approximate surface area is 188 Å². The first-order valence-corrected chi connectivity index (χ1v) is 11.4. The van der Waals surface area contributed by atoms with Crippen LogP contribution in [0.25, 0.3) is 0 Å². The van der Waals surface area contributed by atoms with E-state index in [4.69, 9.17) is 0 Å². The lowest BCUT2D eigenvalue weighted by Gasteiger charge is -2.49. The van der Waals surface area contributed by atoms with Crippen molar-refractivity contribution in [2.45, 2.75) is 18.9 Å². The zero-order valence-corrected chi connectivity index (χ0v) is 18.1. The van der Waals surface area contributed by atoms with Gasteiger partial charge >= 0.3 is 0 Å². The van der Waals surface area contributed by atoms with Crippen molar-refractivity contribution in [1.29, 1.82) is 0 Å². The van der Waals surface area contributed by atoms with Gasteiger partial charge in [-0.25, -0.2) is 4.39 Å². The summed E-state index contributed by atoms with van der Waals surface area (Å²) in [4.78, 5) is 18.0. The van der Waals surface area contributed by atoms with Crippen LogP contribution in [-0.2, 0) is 17.6 Å². The highest BCUT2D eigenvalue weighted by atomic mass is 19.1. The van der Waals surface area contributed by atoms with Gasteiger partial charge in [0.1, 0.15) is 5.82 Å². The number of piperazine rings is 1.